The molecule has 0 heterocycles. The quantitative estimate of drug-likeness (QED) is 0.846. The summed E-state index contributed by atoms with van der Waals surface area (Å²) in [6, 6.07) is 8.36. The van der Waals surface area contributed by atoms with E-state index in [4.69, 9.17) is 10.5 Å². The predicted octanol–water partition coefficient (Wildman–Crippen LogP) is 2.19. The van der Waals surface area contributed by atoms with Gasteiger partial charge >= 0.3 is 0 Å². The third-order valence-electron chi connectivity index (χ3n) is 5.05. The molecule has 4 nitrogen and oxygen atoms in total. The first-order chi connectivity index (χ1) is 10.3. The highest BCUT2D eigenvalue weighted by Crippen LogP contribution is 2.49. The zero-order chi connectivity index (χ0) is 16.4. The Balaban J connectivity index is 1.86. The monoisotopic (exact) mass is 304 g/mol. The van der Waals surface area contributed by atoms with Crippen molar-refractivity contribution in [1.82, 2.24) is 5.32 Å². The Kier molecular flexibility index (Phi) is 4.93. The zero-order valence-corrected chi connectivity index (χ0v) is 14.1. The molecule has 2 rings (SSSR count). The highest BCUT2D eigenvalue weighted by Gasteiger charge is 2.62. The predicted molar refractivity (Wildman–Crippen MR) is 88.6 cm³/mol. The number of amides is 1. The van der Waals surface area contributed by atoms with Crippen molar-refractivity contribution in [2.45, 2.75) is 52.2 Å². The zero-order valence-electron chi connectivity index (χ0n) is 14.1. The summed E-state index contributed by atoms with van der Waals surface area (Å²) in [5.74, 6) is -0.0689. The molecule has 0 spiro atoms. The average Bonchev–Trinajstić information content (AvgIpc) is 2.48. The maximum Gasteiger partial charge on any atom is 0.240 e. The molecule has 0 aliphatic heterocycles. The van der Waals surface area contributed by atoms with Gasteiger partial charge in [0.05, 0.1) is 6.10 Å². The fraction of sp³-hybridized carbons (Fsp3) is 0.611. The summed E-state index contributed by atoms with van der Waals surface area (Å²) in [4.78, 5) is 12.5. The van der Waals surface area contributed by atoms with Crippen molar-refractivity contribution in [3.63, 3.8) is 0 Å². The van der Waals surface area contributed by atoms with Gasteiger partial charge in [-0.05, 0) is 25.8 Å². The van der Waals surface area contributed by atoms with Crippen LogP contribution in [-0.2, 0) is 16.0 Å². The van der Waals surface area contributed by atoms with Crippen LogP contribution >= 0.6 is 0 Å². The lowest BCUT2D eigenvalue weighted by Gasteiger charge is -2.57. The van der Waals surface area contributed by atoms with Crippen LogP contribution in [0.2, 0.25) is 0 Å². The first-order valence-electron chi connectivity index (χ1n) is 8.05. The Hall–Kier alpha value is -1.39. The lowest BCUT2D eigenvalue weighted by atomic mass is 9.54. The first-order valence-corrected chi connectivity index (χ1v) is 8.05. The number of benzene rings is 1. The topological polar surface area (TPSA) is 64.3 Å². The van der Waals surface area contributed by atoms with E-state index >= 15 is 0 Å². The van der Waals surface area contributed by atoms with Gasteiger partial charge in [-0.15, -0.1) is 0 Å². The average molecular weight is 304 g/mol. The van der Waals surface area contributed by atoms with Crippen LogP contribution < -0.4 is 11.1 Å². The second-order valence-electron chi connectivity index (χ2n) is 6.83. The molecule has 1 aromatic carbocycles. The second kappa shape index (κ2) is 6.39. The van der Waals surface area contributed by atoms with E-state index < -0.39 is 5.54 Å². The van der Waals surface area contributed by atoms with Gasteiger partial charge in [-0.3, -0.25) is 4.79 Å². The number of carbonyl (C=O) groups excluding carboxylic acids is 1. The van der Waals surface area contributed by atoms with Crippen molar-refractivity contribution in [1.29, 1.82) is 0 Å². The number of ether oxygens (including phenoxy) is 1. The summed E-state index contributed by atoms with van der Waals surface area (Å²) < 4.78 is 5.66. The SMILES string of the molecule is CCOC1CC(N)(C(=O)NCCc2ccc(C)cc2)C1(C)C. The van der Waals surface area contributed by atoms with Gasteiger partial charge < -0.3 is 15.8 Å². The number of rotatable bonds is 6. The smallest absolute Gasteiger partial charge is 0.240 e. The highest BCUT2D eigenvalue weighted by molar-refractivity contribution is 5.88. The molecule has 1 amide bonds. The molecule has 1 fully saturated rings. The van der Waals surface area contributed by atoms with E-state index in [1.165, 1.54) is 11.1 Å². The van der Waals surface area contributed by atoms with Crippen LogP contribution in [0.15, 0.2) is 24.3 Å². The third kappa shape index (κ3) is 3.03. The van der Waals surface area contributed by atoms with Crippen LogP contribution in [0.3, 0.4) is 0 Å². The fourth-order valence-corrected chi connectivity index (χ4v) is 3.05. The van der Waals surface area contributed by atoms with Gasteiger partial charge in [0, 0.05) is 25.0 Å². The lowest BCUT2D eigenvalue weighted by Crippen LogP contribution is -2.75. The van der Waals surface area contributed by atoms with Crippen LogP contribution in [0.5, 0.6) is 0 Å². The van der Waals surface area contributed by atoms with Crippen molar-refractivity contribution < 1.29 is 9.53 Å². The van der Waals surface area contributed by atoms with Crippen molar-refractivity contribution in [2.75, 3.05) is 13.2 Å². The molecule has 122 valence electrons. The molecule has 0 radical (unpaired) electrons. The molecule has 0 saturated heterocycles. The summed E-state index contributed by atoms with van der Waals surface area (Å²) in [7, 11) is 0. The molecule has 0 aromatic heterocycles. The number of carbonyl (C=O) groups is 1. The highest BCUT2D eigenvalue weighted by atomic mass is 16.5. The van der Waals surface area contributed by atoms with E-state index in [0.29, 0.717) is 19.6 Å². The van der Waals surface area contributed by atoms with Crippen LogP contribution in [0.25, 0.3) is 0 Å². The molecule has 1 aliphatic rings. The normalized spacial score (nSPS) is 26.3. The van der Waals surface area contributed by atoms with Gasteiger partial charge in [-0.25, -0.2) is 0 Å². The molecule has 1 aliphatic carbocycles. The number of hydrogen-bond donors (Lipinski definition) is 2. The minimum Gasteiger partial charge on any atom is -0.378 e. The molecule has 0 bridgehead atoms. The third-order valence-corrected chi connectivity index (χ3v) is 5.05. The Morgan fingerprint density at radius 1 is 1.36 bits per heavy atom. The van der Waals surface area contributed by atoms with Crippen LogP contribution in [0.4, 0.5) is 0 Å². The summed E-state index contributed by atoms with van der Waals surface area (Å²) in [6.45, 7) is 9.31. The molecule has 1 saturated carbocycles. The van der Waals surface area contributed by atoms with Crippen molar-refractivity contribution in [3.05, 3.63) is 35.4 Å². The Morgan fingerprint density at radius 3 is 2.55 bits per heavy atom. The van der Waals surface area contributed by atoms with Gasteiger partial charge in [0.25, 0.3) is 0 Å². The molecule has 22 heavy (non-hydrogen) atoms. The fourth-order valence-electron chi connectivity index (χ4n) is 3.05. The minimum absolute atomic E-state index is 0.0605. The molecule has 2 atom stereocenters. The molecule has 4 heteroatoms. The standard InChI is InChI=1S/C18H28N2O2/c1-5-22-15-12-18(19,17(15,3)4)16(21)20-11-10-14-8-6-13(2)7-9-14/h6-9,15H,5,10-12,19H2,1-4H3,(H,20,21). The molecular formula is C18H28N2O2. The van der Waals surface area contributed by atoms with Gasteiger partial charge in [-0.2, -0.15) is 0 Å². The van der Waals surface area contributed by atoms with E-state index in [-0.39, 0.29) is 17.4 Å². The summed E-state index contributed by atoms with van der Waals surface area (Å²) >= 11 is 0. The first kappa shape index (κ1) is 17.0. The Morgan fingerprint density at radius 2 is 2.00 bits per heavy atom. The van der Waals surface area contributed by atoms with Crippen LogP contribution in [0, 0.1) is 12.3 Å². The summed E-state index contributed by atoms with van der Waals surface area (Å²) in [5.41, 5.74) is 7.64. The number of nitrogens with one attached hydrogen (secondary N) is 1. The second-order valence-corrected chi connectivity index (χ2v) is 6.83. The van der Waals surface area contributed by atoms with Gasteiger partial charge in [0.15, 0.2) is 0 Å². The van der Waals surface area contributed by atoms with E-state index in [0.717, 1.165) is 6.42 Å². The minimum atomic E-state index is -0.833. The summed E-state index contributed by atoms with van der Waals surface area (Å²) in [5, 5.41) is 2.99. The molecule has 1 aromatic rings. The van der Waals surface area contributed by atoms with Crippen molar-refractivity contribution in [2.24, 2.45) is 11.1 Å². The largest absolute Gasteiger partial charge is 0.378 e. The molecule has 3 N–H and O–H groups in total. The number of nitrogens with two attached hydrogens (primary N) is 1. The van der Waals surface area contributed by atoms with E-state index in [1.807, 2.05) is 20.8 Å². The number of hydrogen-bond acceptors (Lipinski definition) is 3. The van der Waals surface area contributed by atoms with Crippen LogP contribution in [-0.4, -0.2) is 30.7 Å². The Bertz CT molecular complexity index is 524. The molecule has 2 unspecified atom stereocenters. The van der Waals surface area contributed by atoms with E-state index in [1.54, 1.807) is 0 Å². The van der Waals surface area contributed by atoms with Gasteiger partial charge in [0.2, 0.25) is 5.91 Å². The number of aryl methyl sites for hydroxylation is 1. The van der Waals surface area contributed by atoms with Gasteiger partial charge in [-0.1, -0.05) is 43.7 Å². The van der Waals surface area contributed by atoms with Crippen molar-refractivity contribution in [3.8, 4) is 0 Å². The van der Waals surface area contributed by atoms with E-state index in [2.05, 4.69) is 36.5 Å². The van der Waals surface area contributed by atoms with Crippen molar-refractivity contribution >= 4 is 5.91 Å². The van der Waals surface area contributed by atoms with Gasteiger partial charge in [0.1, 0.15) is 5.54 Å². The summed E-state index contributed by atoms with van der Waals surface area (Å²) in [6.07, 6.45) is 1.46. The maximum atomic E-state index is 12.5. The molecular weight excluding hydrogens is 276 g/mol. The lowest BCUT2D eigenvalue weighted by molar-refractivity contribution is -0.170. The van der Waals surface area contributed by atoms with Crippen LogP contribution in [0.1, 0.15) is 38.3 Å². The maximum absolute atomic E-state index is 12.5. The Labute approximate surface area is 133 Å². The van der Waals surface area contributed by atoms with E-state index in [9.17, 15) is 4.79 Å².